The monoisotopic (exact) mass is 378 g/mol. The number of benzene rings is 1. The zero-order chi connectivity index (χ0) is 19.5. The van der Waals surface area contributed by atoms with E-state index in [0.717, 1.165) is 5.69 Å². The Labute approximate surface area is 162 Å². The van der Waals surface area contributed by atoms with Crippen LogP contribution in [0.4, 0.5) is 0 Å². The van der Waals surface area contributed by atoms with E-state index < -0.39 is 5.97 Å². The lowest BCUT2D eigenvalue weighted by atomic mass is 9.84. The highest BCUT2D eigenvalue weighted by Gasteiger charge is 2.19. The van der Waals surface area contributed by atoms with E-state index in [1.54, 1.807) is 12.3 Å². The van der Waals surface area contributed by atoms with Crippen molar-refractivity contribution in [2.24, 2.45) is 0 Å². The lowest BCUT2D eigenvalue weighted by Crippen LogP contribution is -2.15. The zero-order valence-electron chi connectivity index (χ0n) is 15.8. The summed E-state index contributed by atoms with van der Waals surface area (Å²) in [6, 6.07) is 9.43. The van der Waals surface area contributed by atoms with Gasteiger partial charge in [0.15, 0.2) is 12.4 Å². The molecule has 0 spiro atoms. The Kier molecular flexibility index (Phi) is 5.14. The quantitative estimate of drug-likeness (QED) is 0.499. The van der Waals surface area contributed by atoms with E-state index in [0.29, 0.717) is 17.3 Å². The molecule has 3 aromatic rings. The second kappa shape index (κ2) is 7.88. The highest BCUT2D eigenvalue weighted by Crippen LogP contribution is 2.32. The van der Waals surface area contributed by atoms with Gasteiger partial charge in [0.25, 0.3) is 11.6 Å². The molecule has 0 saturated heterocycles. The molecule has 2 aromatic heterocycles. The lowest BCUT2D eigenvalue weighted by molar-refractivity contribution is 0.0463. The molecular weight excluding hydrogens is 356 g/mol. The first-order valence-corrected chi connectivity index (χ1v) is 9.60. The molecule has 7 heteroatoms. The van der Waals surface area contributed by atoms with Crippen LogP contribution in [0.1, 0.15) is 70.3 Å². The van der Waals surface area contributed by atoms with Crippen LogP contribution in [0.2, 0.25) is 0 Å². The van der Waals surface area contributed by atoms with Crippen LogP contribution >= 0.6 is 0 Å². The molecule has 0 unspecified atom stereocenters. The molecule has 1 aliphatic rings. The number of carbonyl (C=O) groups excluding carboxylic acids is 2. The standard InChI is InChI=1S/C21H22N4O3/c1-14-11-12-22-21-23-19(24-25(14)21)20(27)28-13-18(26)17-9-7-16(8-10-17)15-5-3-2-4-6-15/h7-12,15H,2-6,13H2,1H3. The third-order valence-corrected chi connectivity index (χ3v) is 5.26. The molecule has 4 rings (SSSR count). The molecule has 1 aromatic carbocycles. The van der Waals surface area contributed by atoms with Crippen LogP contribution in [0.25, 0.3) is 5.78 Å². The van der Waals surface area contributed by atoms with E-state index in [4.69, 9.17) is 4.74 Å². The molecule has 2 heterocycles. The van der Waals surface area contributed by atoms with Gasteiger partial charge in [-0.2, -0.15) is 4.98 Å². The molecule has 1 aliphatic carbocycles. The second-order valence-electron chi connectivity index (χ2n) is 7.19. The topological polar surface area (TPSA) is 86.5 Å². The number of aromatic nitrogens is 4. The molecule has 0 bridgehead atoms. The third kappa shape index (κ3) is 3.78. The average molecular weight is 378 g/mol. The van der Waals surface area contributed by atoms with Crippen molar-refractivity contribution in [1.82, 2.24) is 19.6 Å². The van der Waals surface area contributed by atoms with Gasteiger partial charge in [0, 0.05) is 17.5 Å². The van der Waals surface area contributed by atoms with Gasteiger partial charge in [-0.25, -0.2) is 14.3 Å². The van der Waals surface area contributed by atoms with E-state index in [1.807, 2.05) is 31.2 Å². The van der Waals surface area contributed by atoms with E-state index in [-0.39, 0.29) is 18.2 Å². The molecule has 0 amide bonds. The minimum atomic E-state index is -0.739. The Balaban J connectivity index is 1.37. The van der Waals surface area contributed by atoms with Crippen molar-refractivity contribution in [3.63, 3.8) is 0 Å². The number of Topliss-reactive ketones (excluding diaryl/α,β-unsaturated/α-hetero) is 1. The van der Waals surface area contributed by atoms with Crippen LogP contribution in [-0.2, 0) is 4.74 Å². The summed E-state index contributed by atoms with van der Waals surface area (Å²) in [6.07, 6.45) is 7.88. The molecule has 0 atom stereocenters. The number of ether oxygens (including phenoxy) is 1. The van der Waals surface area contributed by atoms with Crippen LogP contribution in [0.15, 0.2) is 36.5 Å². The largest absolute Gasteiger partial charge is 0.451 e. The summed E-state index contributed by atoms with van der Waals surface area (Å²) in [4.78, 5) is 32.6. The number of esters is 1. The van der Waals surface area contributed by atoms with Gasteiger partial charge in [-0.15, -0.1) is 5.10 Å². The molecule has 0 radical (unpaired) electrons. The fraction of sp³-hybridized carbons (Fsp3) is 0.381. The summed E-state index contributed by atoms with van der Waals surface area (Å²) in [5.41, 5.74) is 2.61. The minimum Gasteiger partial charge on any atom is -0.451 e. The summed E-state index contributed by atoms with van der Waals surface area (Å²) < 4.78 is 6.57. The van der Waals surface area contributed by atoms with E-state index >= 15 is 0 Å². The average Bonchev–Trinajstić information content (AvgIpc) is 3.18. The van der Waals surface area contributed by atoms with Gasteiger partial charge < -0.3 is 4.74 Å². The first kappa shape index (κ1) is 18.3. The van der Waals surface area contributed by atoms with Crippen molar-refractivity contribution >= 4 is 17.5 Å². The van der Waals surface area contributed by atoms with Gasteiger partial charge in [-0.1, -0.05) is 43.5 Å². The van der Waals surface area contributed by atoms with Crippen molar-refractivity contribution in [3.8, 4) is 0 Å². The Morgan fingerprint density at radius 2 is 1.86 bits per heavy atom. The number of hydrogen-bond acceptors (Lipinski definition) is 6. The van der Waals surface area contributed by atoms with Crippen LogP contribution < -0.4 is 0 Å². The molecular formula is C21H22N4O3. The number of aryl methyl sites for hydroxylation is 1. The Bertz CT molecular complexity index is 1000. The normalized spacial score (nSPS) is 14.9. The van der Waals surface area contributed by atoms with Crippen LogP contribution in [-0.4, -0.2) is 37.9 Å². The fourth-order valence-electron chi connectivity index (χ4n) is 3.65. The van der Waals surface area contributed by atoms with Crippen LogP contribution in [0.5, 0.6) is 0 Å². The van der Waals surface area contributed by atoms with Crippen molar-refractivity contribution in [1.29, 1.82) is 0 Å². The van der Waals surface area contributed by atoms with Crippen molar-refractivity contribution in [2.45, 2.75) is 44.9 Å². The number of nitrogens with zero attached hydrogens (tertiary/aromatic N) is 4. The molecule has 1 fully saturated rings. The molecule has 0 aliphatic heterocycles. The fourth-order valence-corrected chi connectivity index (χ4v) is 3.65. The number of fused-ring (bicyclic) bond motifs is 1. The predicted molar refractivity (Wildman–Crippen MR) is 102 cm³/mol. The smallest absolute Gasteiger partial charge is 0.378 e. The predicted octanol–water partition coefficient (Wildman–Crippen LogP) is 3.52. The molecule has 144 valence electrons. The van der Waals surface area contributed by atoms with Crippen LogP contribution in [0.3, 0.4) is 0 Å². The maximum Gasteiger partial charge on any atom is 0.378 e. The van der Waals surface area contributed by atoms with Gasteiger partial charge >= 0.3 is 5.97 Å². The third-order valence-electron chi connectivity index (χ3n) is 5.26. The Morgan fingerprint density at radius 1 is 1.11 bits per heavy atom. The highest BCUT2D eigenvalue weighted by atomic mass is 16.5. The van der Waals surface area contributed by atoms with Crippen LogP contribution in [0, 0.1) is 6.92 Å². The Morgan fingerprint density at radius 3 is 2.57 bits per heavy atom. The van der Waals surface area contributed by atoms with Gasteiger partial charge in [-0.3, -0.25) is 4.79 Å². The van der Waals surface area contributed by atoms with Gasteiger partial charge in [-0.05, 0) is 37.3 Å². The number of ketones is 1. The maximum absolute atomic E-state index is 12.4. The summed E-state index contributed by atoms with van der Waals surface area (Å²) >= 11 is 0. The van der Waals surface area contributed by atoms with Gasteiger partial charge in [0.1, 0.15) is 0 Å². The number of rotatable bonds is 5. The number of carbonyl (C=O) groups is 2. The Hall–Kier alpha value is -3.09. The molecule has 0 N–H and O–H groups in total. The summed E-state index contributed by atoms with van der Waals surface area (Å²) in [5.74, 6) is -0.188. The minimum absolute atomic E-state index is 0.109. The first-order valence-electron chi connectivity index (χ1n) is 9.60. The maximum atomic E-state index is 12.4. The lowest BCUT2D eigenvalue weighted by Gasteiger charge is -2.22. The SMILES string of the molecule is Cc1ccnc2nc(C(=O)OCC(=O)c3ccc(C4CCCCC4)cc3)nn12. The summed E-state index contributed by atoms with van der Waals surface area (Å²) in [7, 11) is 0. The second-order valence-corrected chi connectivity index (χ2v) is 7.19. The summed E-state index contributed by atoms with van der Waals surface area (Å²) in [6.45, 7) is 1.49. The molecule has 28 heavy (non-hydrogen) atoms. The van der Waals surface area contributed by atoms with Crippen molar-refractivity contribution in [2.75, 3.05) is 6.61 Å². The van der Waals surface area contributed by atoms with Gasteiger partial charge in [0.2, 0.25) is 0 Å². The van der Waals surface area contributed by atoms with Crippen molar-refractivity contribution in [3.05, 3.63) is 59.2 Å². The van der Waals surface area contributed by atoms with E-state index in [2.05, 4.69) is 15.1 Å². The number of hydrogen-bond donors (Lipinski definition) is 0. The molecule has 7 nitrogen and oxygen atoms in total. The van der Waals surface area contributed by atoms with E-state index in [9.17, 15) is 9.59 Å². The zero-order valence-corrected chi connectivity index (χ0v) is 15.8. The van der Waals surface area contributed by atoms with Gasteiger partial charge in [0.05, 0.1) is 0 Å². The van der Waals surface area contributed by atoms with E-state index in [1.165, 1.54) is 42.2 Å². The highest BCUT2D eigenvalue weighted by molar-refractivity contribution is 5.98. The molecule has 1 saturated carbocycles. The van der Waals surface area contributed by atoms with Crippen molar-refractivity contribution < 1.29 is 14.3 Å². The summed E-state index contributed by atoms with van der Waals surface area (Å²) in [5, 5.41) is 4.08. The first-order chi connectivity index (χ1) is 13.6.